The lowest BCUT2D eigenvalue weighted by atomic mass is 10.0. The lowest BCUT2D eigenvalue weighted by Crippen LogP contribution is -2.02. The van der Waals surface area contributed by atoms with Crippen LogP contribution in [0.4, 0.5) is 5.69 Å². The molecule has 0 radical (unpaired) electrons. The van der Waals surface area contributed by atoms with E-state index in [1.807, 2.05) is 55.5 Å². The SMILES string of the molecule is CCCc1c(OCc2ccc(Sc3ccccc3N)cc2)ccc(C(C)=O)c1O. The average Bonchev–Trinajstić information content (AvgIpc) is 2.71. The van der Waals surface area contributed by atoms with Gasteiger partial charge in [-0.05, 0) is 55.3 Å². The van der Waals surface area contributed by atoms with Gasteiger partial charge in [-0.3, -0.25) is 4.79 Å². The van der Waals surface area contributed by atoms with E-state index < -0.39 is 0 Å². The fourth-order valence-electron chi connectivity index (χ4n) is 3.04. The van der Waals surface area contributed by atoms with Crippen molar-refractivity contribution in [3.63, 3.8) is 0 Å². The minimum Gasteiger partial charge on any atom is -0.507 e. The summed E-state index contributed by atoms with van der Waals surface area (Å²) >= 11 is 1.62. The van der Waals surface area contributed by atoms with Crippen LogP contribution in [0.15, 0.2) is 70.5 Å². The van der Waals surface area contributed by atoms with Gasteiger partial charge >= 0.3 is 0 Å². The highest BCUT2D eigenvalue weighted by molar-refractivity contribution is 7.99. The summed E-state index contributed by atoms with van der Waals surface area (Å²) in [4.78, 5) is 13.8. The van der Waals surface area contributed by atoms with Gasteiger partial charge in [0.15, 0.2) is 5.78 Å². The summed E-state index contributed by atoms with van der Waals surface area (Å²) in [5.41, 5.74) is 8.82. The second-order valence-electron chi connectivity index (χ2n) is 6.82. The molecular weight excluding hydrogens is 382 g/mol. The summed E-state index contributed by atoms with van der Waals surface area (Å²) in [6, 6.07) is 19.3. The van der Waals surface area contributed by atoms with E-state index in [1.165, 1.54) is 6.92 Å². The quantitative estimate of drug-likeness (QED) is 0.361. The first-order chi connectivity index (χ1) is 14.0. The number of anilines is 1. The Morgan fingerprint density at radius 2 is 1.79 bits per heavy atom. The lowest BCUT2D eigenvalue weighted by Gasteiger charge is -2.15. The largest absolute Gasteiger partial charge is 0.507 e. The molecule has 3 aromatic rings. The van der Waals surface area contributed by atoms with Crippen molar-refractivity contribution >= 4 is 23.2 Å². The molecule has 29 heavy (non-hydrogen) atoms. The van der Waals surface area contributed by atoms with Crippen LogP contribution in [0.3, 0.4) is 0 Å². The Balaban J connectivity index is 1.71. The van der Waals surface area contributed by atoms with Crippen molar-refractivity contribution in [1.29, 1.82) is 0 Å². The molecule has 3 aromatic carbocycles. The third-order valence-corrected chi connectivity index (χ3v) is 5.68. The van der Waals surface area contributed by atoms with Gasteiger partial charge in [0, 0.05) is 21.0 Å². The first-order valence-electron chi connectivity index (χ1n) is 9.59. The number of hydrogen-bond acceptors (Lipinski definition) is 5. The van der Waals surface area contributed by atoms with Crippen LogP contribution in [0.25, 0.3) is 0 Å². The van der Waals surface area contributed by atoms with Gasteiger partial charge in [0.2, 0.25) is 0 Å². The lowest BCUT2D eigenvalue weighted by molar-refractivity contribution is 0.101. The smallest absolute Gasteiger partial charge is 0.163 e. The number of rotatable bonds is 8. The minimum absolute atomic E-state index is 0.0315. The number of Topliss-reactive ketones (excluding diaryl/α,β-unsaturated/α-hetero) is 1. The molecule has 0 aliphatic carbocycles. The molecule has 0 spiro atoms. The maximum atomic E-state index is 11.7. The Bertz CT molecular complexity index is 1000. The highest BCUT2D eigenvalue weighted by atomic mass is 32.2. The molecule has 0 aliphatic heterocycles. The molecule has 3 N–H and O–H groups in total. The summed E-state index contributed by atoms with van der Waals surface area (Å²) in [6.07, 6.45) is 1.50. The number of carbonyl (C=O) groups is 1. The van der Waals surface area contributed by atoms with Gasteiger partial charge in [-0.25, -0.2) is 0 Å². The number of nitrogens with two attached hydrogens (primary N) is 1. The van der Waals surface area contributed by atoms with E-state index in [1.54, 1.807) is 23.9 Å². The van der Waals surface area contributed by atoms with E-state index >= 15 is 0 Å². The van der Waals surface area contributed by atoms with E-state index in [4.69, 9.17) is 10.5 Å². The van der Waals surface area contributed by atoms with E-state index in [2.05, 4.69) is 0 Å². The minimum atomic E-state index is -0.154. The van der Waals surface area contributed by atoms with Crippen molar-refractivity contribution in [2.75, 3.05) is 5.73 Å². The molecule has 4 nitrogen and oxygen atoms in total. The highest BCUT2D eigenvalue weighted by Crippen LogP contribution is 2.34. The zero-order valence-electron chi connectivity index (χ0n) is 16.6. The molecule has 0 unspecified atom stereocenters. The average molecular weight is 408 g/mol. The molecule has 5 heteroatoms. The second-order valence-corrected chi connectivity index (χ2v) is 7.93. The van der Waals surface area contributed by atoms with Gasteiger partial charge in [-0.2, -0.15) is 0 Å². The first kappa shape index (κ1) is 20.8. The molecule has 0 saturated heterocycles. The van der Waals surface area contributed by atoms with Crippen LogP contribution in [0, 0.1) is 0 Å². The molecule has 3 rings (SSSR count). The fraction of sp³-hybridized carbons (Fsp3) is 0.208. The van der Waals surface area contributed by atoms with Gasteiger partial charge in [-0.15, -0.1) is 0 Å². The Labute approximate surface area is 175 Å². The van der Waals surface area contributed by atoms with Crippen LogP contribution < -0.4 is 10.5 Å². The molecule has 0 saturated carbocycles. The van der Waals surface area contributed by atoms with Crippen molar-refractivity contribution in [2.45, 2.75) is 43.1 Å². The van der Waals surface area contributed by atoms with E-state index in [9.17, 15) is 9.90 Å². The fourth-order valence-corrected chi connectivity index (χ4v) is 3.90. The summed E-state index contributed by atoms with van der Waals surface area (Å²) in [5.74, 6) is 0.493. The third kappa shape index (κ3) is 5.12. The predicted octanol–water partition coefficient (Wildman–Crippen LogP) is 5.86. The normalized spacial score (nSPS) is 10.7. The van der Waals surface area contributed by atoms with E-state index in [0.717, 1.165) is 27.5 Å². The van der Waals surface area contributed by atoms with Crippen LogP contribution in [0.2, 0.25) is 0 Å². The summed E-state index contributed by atoms with van der Waals surface area (Å²) in [6.45, 7) is 3.86. The number of carbonyl (C=O) groups excluding carboxylic acids is 1. The Morgan fingerprint density at radius 1 is 1.07 bits per heavy atom. The van der Waals surface area contributed by atoms with Gasteiger partial charge in [0.25, 0.3) is 0 Å². The van der Waals surface area contributed by atoms with Gasteiger partial charge in [0.1, 0.15) is 18.1 Å². The predicted molar refractivity (Wildman–Crippen MR) is 118 cm³/mol. The number of phenolic OH excluding ortho intramolecular Hbond substituents is 1. The molecule has 0 aliphatic rings. The van der Waals surface area contributed by atoms with E-state index in [-0.39, 0.29) is 11.5 Å². The number of benzene rings is 3. The Morgan fingerprint density at radius 3 is 2.45 bits per heavy atom. The van der Waals surface area contributed by atoms with Crippen LogP contribution in [0.1, 0.15) is 41.8 Å². The molecule has 0 fully saturated rings. The number of para-hydroxylation sites is 1. The Hall–Kier alpha value is -2.92. The molecule has 0 atom stereocenters. The second kappa shape index (κ2) is 9.52. The Kier molecular flexibility index (Phi) is 6.83. The first-order valence-corrected chi connectivity index (χ1v) is 10.4. The van der Waals surface area contributed by atoms with Crippen molar-refractivity contribution in [3.05, 3.63) is 77.4 Å². The van der Waals surface area contributed by atoms with Crippen LogP contribution in [-0.2, 0) is 13.0 Å². The molecule has 0 amide bonds. The highest BCUT2D eigenvalue weighted by Gasteiger charge is 2.16. The van der Waals surface area contributed by atoms with Gasteiger partial charge in [-0.1, -0.05) is 49.4 Å². The van der Waals surface area contributed by atoms with Crippen molar-refractivity contribution < 1.29 is 14.6 Å². The number of ether oxygens (including phenoxy) is 1. The topological polar surface area (TPSA) is 72.5 Å². The van der Waals surface area contributed by atoms with Crippen molar-refractivity contribution in [2.24, 2.45) is 0 Å². The monoisotopic (exact) mass is 407 g/mol. The molecule has 150 valence electrons. The standard InChI is InChI=1S/C24H25NO3S/c1-3-6-20-22(14-13-19(16(2)26)24(20)27)28-15-17-9-11-18(12-10-17)29-23-8-5-4-7-21(23)25/h4-5,7-14,27H,3,6,15,25H2,1-2H3. The summed E-state index contributed by atoms with van der Waals surface area (Å²) in [7, 11) is 0. The molecule has 0 aromatic heterocycles. The molecule has 0 bridgehead atoms. The molecule has 0 heterocycles. The maximum Gasteiger partial charge on any atom is 0.163 e. The van der Waals surface area contributed by atoms with Crippen LogP contribution in [-0.4, -0.2) is 10.9 Å². The number of ketones is 1. The van der Waals surface area contributed by atoms with Crippen LogP contribution in [0.5, 0.6) is 11.5 Å². The van der Waals surface area contributed by atoms with Crippen LogP contribution >= 0.6 is 11.8 Å². The van der Waals surface area contributed by atoms with Gasteiger partial charge < -0.3 is 15.6 Å². The van der Waals surface area contributed by atoms with Crippen molar-refractivity contribution in [1.82, 2.24) is 0 Å². The number of phenols is 1. The zero-order valence-corrected chi connectivity index (χ0v) is 17.5. The van der Waals surface area contributed by atoms with Gasteiger partial charge in [0.05, 0.1) is 5.56 Å². The summed E-state index contributed by atoms with van der Waals surface area (Å²) in [5, 5.41) is 10.5. The number of aromatic hydroxyl groups is 1. The third-order valence-electron chi connectivity index (χ3n) is 4.58. The maximum absolute atomic E-state index is 11.7. The summed E-state index contributed by atoms with van der Waals surface area (Å²) < 4.78 is 5.97. The number of hydrogen-bond donors (Lipinski definition) is 2. The van der Waals surface area contributed by atoms with E-state index in [0.29, 0.717) is 29.9 Å². The van der Waals surface area contributed by atoms with Crippen molar-refractivity contribution in [3.8, 4) is 11.5 Å². The zero-order chi connectivity index (χ0) is 20.8. The number of nitrogen functional groups attached to an aromatic ring is 1. The molecular formula is C24H25NO3S.